The Morgan fingerprint density at radius 2 is 1.04 bits per heavy atom. The van der Waals surface area contributed by atoms with Crippen molar-refractivity contribution in [3.05, 3.63) is 108 Å². The van der Waals surface area contributed by atoms with E-state index < -0.39 is 162 Å². The lowest BCUT2D eigenvalue weighted by atomic mass is 9.91. The van der Waals surface area contributed by atoms with Gasteiger partial charge in [-0.25, -0.2) is 0 Å². The quantitative estimate of drug-likeness (QED) is 0.0894. The van der Waals surface area contributed by atoms with Crippen molar-refractivity contribution in [3.8, 4) is 0 Å². The first-order chi connectivity index (χ1) is 52.2. The summed E-state index contributed by atoms with van der Waals surface area (Å²) in [4.78, 5) is 205. The summed E-state index contributed by atoms with van der Waals surface area (Å²) in [5, 5.41) is 19.9. The fraction of sp³-hybridized carbons (Fsp3) is 0.635. The van der Waals surface area contributed by atoms with Gasteiger partial charge in [0.2, 0.25) is 70.9 Å². The maximum atomic E-state index is 15.7. The number of likely N-dealkylation sites (N-methyl/N-ethyl adjacent to an activating group) is 6. The monoisotopic (exact) mass is 1540 g/mol. The van der Waals surface area contributed by atoms with Crippen LogP contribution in [-0.4, -0.2) is 269 Å². The molecule has 2 heterocycles. The summed E-state index contributed by atoms with van der Waals surface area (Å²) in [5.74, 6) is -9.83. The molecular formula is C85H130N12O14. The Morgan fingerprint density at radius 1 is 0.532 bits per heavy atom. The molecular weight excluding hydrogens is 1410 g/mol. The van der Waals surface area contributed by atoms with Crippen LogP contribution in [0.25, 0.3) is 0 Å². The van der Waals surface area contributed by atoms with Gasteiger partial charge in [-0.2, -0.15) is 0 Å². The number of carbonyl (C=O) groups excluding carboxylic acids is 13. The molecule has 111 heavy (non-hydrogen) atoms. The van der Waals surface area contributed by atoms with Crippen molar-refractivity contribution in [2.75, 3.05) is 82.6 Å². The number of aliphatic hydroxyl groups is 1. The molecule has 614 valence electrons. The molecule has 2 fully saturated rings. The molecule has 2 aliphatic rings. The highest BCUT2D eigenvalue weighted by Gasteiger charge is 2.43. The predicted molar refractivity (Wildman–Crippen MR) is 427 cm³/mol. The standard InChI is InChI=1S/C85H130N12O14/c1-54(2)42-66-50-73(100)87-69(83(109)96(19)72(47-63-36-28-22-29-37-63)84(110)95(18)71(46-62-34-26-21-27-35-62)78(104)86-58(9)80(106)97-39-30-23-31-40-97)52-75(102)89(12)41-38-68(99)48-64(60(11)98)49-74(101)90(13)53-65(45-61-32-24-20-25-33-61)82(108)94(17)70(44-56(5)6)79(105)88-77(57(7)8)85(111)93(16)67(43-55(3)4)51-76(103)91(14)59(10)81(107)92(66)15/h20-22,24-29,32-37,54-60,64-67,69-72,77,98H,23,30-31,38-53H2,1-19H3,(H,86,104)(H,87,100)(H,88,105)/t58-,59-,60+,64+,65+,66-,67-,69-,70-,71-,72-,77-/m0/s1. The molecule has 0 radical (unpaired) electrons. The van der Waals surface area contributed by atoms with Gasteiger partial charge in [-0.3, -0.25) is 62.3 Å². The zero-order valence-electron chi connectivity index (χ0n) is 69.6. The molecule has 0 aliphatic carbocycles. The number of ketones is 1. The summed E-state index contributed by atoms with van der Waals surface area (Å²) in [7, 11) is 11.9. The number of carbonyl (C=O) groups is 13. The van der Waals surface area contributed by atoms with Crippen LogP contribution in [0.15, 0.2) is 91.0 Å². The second-order valence-electron chi connectivity index (χ2n) is 32.8. The third-order valence-electron chi connectivity index (χ3n) is 22.0. The number of Topliss-reactive ketones (excluding diaryl/α,β-unsaturated/α-hetero) is 1. The minimum atomic E-state index is -1.70. The lowest BCUT2D eigenvalue weighted by molar-refractivity contribution is -0.150. The highest BCUT2D eigenvalue weighted by molar-refractivity contribution is 5.98. The molecule has 0 spiro atoms. The number of piperidine rings is 1. The average molecular weight is 1540 g/mol. The first-order valence-electron chi connectivity index (χ1n) is 39.8. The van der Waals surface area contributed by atoms with E-state index >= 15 is 24.0 Å². The smallest absolute Gasteiger partial charge is 0.246 e. The number of nitrogens with zero attached hydrogens (tertiary/aromatic N) is 9. The number of benzene rings is 3. The van der Waals surface area contributed by atoms with Gasteiger partial charge in [0, 0.05) is 146 Å². The van der Waals surface area contributed by atoms with E-state index in [0.717, 1.165) is 29.7 Å². The number of hydrogen-bond donors (Lipinski definition) is 4. The van der Waals surface area contributed by atoms with Gasteiger partial charge in [-0.1, -0.05) is 146 Å². The van der Waals surface area contributed by atoms with E-state index in [1.54, 1.807) is 82.1 Å². The van der Waals surface area contributed by atoms with Gasteiger partial charge in [0.25, 0.3) is 0 Å². The number of rotatable bonds is 21. The molecule has 4 N–H and O–H groups in total. The average Bonchev–Trinajstić information content (AvgIpc) is 0.820. The Morgan fingerprint density at radius 3 is 1.56 bits per heavy atom. The van der Waals surface area contributed by atoms with Crippen LogP contribution in [0.3, 0.4) is 0 Å². The Hall–Kier alpha value is -9.07. The summed E-state index contributed by atoms with van der Waals surface area (Å²) in [6, 6.07) is 17.0. The van der Waals surface area contributed by atoms with E-state index in [-0.39, 0.29) is 94.5 Å². The van der Waals surface area contributed by atoms with Crippen LogP contribution in [-0.2, 0) is 81.6 Å². The summed E-state index contributed by atoms with van der Waals surface area (Å²) >= 11 is 0. The molecule has 5 rings (SSSR count). The van der Waals surface area contributed by atoms with Crippen molar-refractivity contribution >= 4 is 76.7 Å². The predicted octanol–water partition coefficient (Wildman–Crippen LogP) is 6.43. The maximum absolute atomic E-state index is 15.7. The molecule has 2 aliphatic heterocycles. The molecule has 0 saturated carbocycles. The van der Waals surface area contributed by atoms with Gasteiger partial charge >= 0.3 is 0 Å². The SMILES string of the molecule is CC(C)C[C@H]1CC(=O)N(C)[C@@H](C)C(=O)N(C)[C@@H](CC(C)C)CC(=O)N[C@H](C(=O)N(C)[C@@H](Cc2ccccc2)C(=O)N(C)[C@@H](Cc2ccccc2)C(=O)N[C@@H](C)C(=O)N2CCCCC2)CC(=O)N(C)CCC(=O)C[C@@H]([C@@H](C)O)CC(=O)N(C)C[C@@H](Cc2ccccc2)C(=O)N(C)[C@@H](CC(C)C)C(=O)N[C@@H](C(C)C)C(=O)N1C. The van der Waals surface area contributed by atoms with Crippen LogP contribution in [0.2, 0.25) is 0 Å². The van der Waals surface area contributed by atoms with E-state index in [4.69, 9.17) is 0 Å². The maximum Gasteiger partial charge on any atom is 0.246 e. The molecule has 12 atom stereocenters. The number of hydrogen-bond acceptors (Lipinski definition) is 14. The van der Waals surface area contributed by atoms with Gasteiger partial charge in [0.1, 0.15) is 48.1 Å². The minimum absolute atomic E-state index is 0.0170. The van der Waals surface area contributed by atoms with Crippen molar-refractivity contribution in [2.45, 2.75) is 233 Å². The summed E-state index contributed by atoms with van der Waals surface area (Å²) < 4.78 is 0. The van der Waals surface area contributed by atoms with Crippen LogP contribution < -0.4 is 16.0 Å². The lowest BCUT2D eigenvalue weighted by Crippen LogP contribution is -2.60. The van der Waals surface area contributed by atoms with Crippen molar-refractivity contribution in [1.82, 2.24) is 60.0 Å². The largest absolute Gasteiger partial charge is 0.393 e. The molecule has 0 aromatic heterocycles. The first-order valence-corrected chi connectivity index (χ1v) is 39.8. The van der Waals surface area contributed by atoms with E-state index in [1.807, 2.05) is 90.1 Å². The second-order valence-corrected chi connectivity index (χ2v) is 32.8. The number of nitrogens with one attached hydrogen (secondary N) is 3. The third kappa shape index (κ3) is 28.0. The molecule has 26 heteroatoms. The Labute approximate surface area is 659 Å². The van der Waals surface area contributed by atoms with E-state index in [9.17, 15) is 43.5 Å². The van der Waals surface area contributed by atoms with Crippen LogP contribution in [0.4, 0.5) is 0 Å². The van der Waals surface area contributed by atoms with Gasteiger partial charge in [0.05, 0.1) is 18.4 Å². The van der Waals surface area contributed by atoms with Gasteiger partial charge in [-0.15, -0.1) is 0 Å². The van der Waals surface area contributed by atoms with Crippen LogP contribution in [0.5, 0.6) is 0 Å². The Kier molecular flexibility index (Phi) is 36.9. The van der Waals surface area contributed by atoms with Crippen molar-refractivity contribution < 1.29 is 67.4 Å². The fourth-order valence-corrected chi connectivity index (χ4v) is 14.7. The summed E-state index contributed by atoms with van der Waals surface area (Å²) in [6.07, 6.45) is 0.222. The topological polar surface area (TPSA) is 307 Å². The minimum Gasteiger partial charge on any atom is -0.393 e. The van der Waals surface area contributed by atoms with Gasteiger partial charge < -0.3 is 65.2 Å². The molecule has 3 aromatic carbocycles. The lowest BCUT2D eigenvalue weighted by Gasteiger charge is -2.37. The van der Waals surface area contributed by atoms with Crippen LogP contribution in [0.1, 0.15) is 170 Å². The van der Waals surface area contributed by atoms with E-state index in [2.05, 4.69) is 16.0 Å². The van der Waals surface area contributed by atoms with Gasteiger partial charge in [0.15, 0.2) is 0 Å². The second kappa shape index (κ2) is 44.2. The summed E-state index contributed by atoms with van der Waals surface area (Å²) in [6.45, 7) is 20.5. The Balaban J connectivity index is 1.60. The third-order valence-corrected chi connectivity index (χ3v) is 22.0. The number of likely N-dealkylation sites (tertiary alicyclic amines) is 1. The number of amides is 12. The number of aliphatic hydroxyl groups excluding tert-OH is 1. The molecule has 26 nitrogen and oxygen atoms in total. The fourth-order valence-electron chi connectivity index (χ4n) is 14.7. The zero-order valence-corrected chi connectivity index (χ0v) is 69.6. The first kappa shape index (κ1) is 92.5. The van der Waals surface area contributed by atoms with Crippen molar-refractivity contribution in [2.24, 2.45) is 35.5 Å². The molecule has 0 unspecified atom stereocenters. The van der Waals surface area contributed by atoms with Crippen molar-refractivity contribution in [3.63, 3.8) is 0 Å². The normalized spacial score (nSPS) is 23.0. The van der Waals surface area contributed by atoms with E-state index in [1.165, 1.54) is 90.6 Å². The van der Waals surface area contributed by atoms with Crippen LogP contribution in [0, 0.1) is 35.5 Å². The Bertz CT molecular complexity index is 3590. The highest BCUT2D eigenvalue weighted by atomic mass is 16.3. The van der Waals surface area contributed by atoms with Gasteiger partial charge in [-0.05, 0) is 106 Å². The zero-order chi connectivity index (χ0) is 82.8. The molecule has 3 aromatic rings. The van der Waals surface area contributed by atoms with E-state index in [0.29, 0.717) is 30.6 Å². The van der Waals surface area contributed by atoms with Crippen LogP contribution >= 0.6 is 0 Å². The molecule has 2 saturated heterocycles. The highest BCUT2D eigenvalue weighted by Crippen LogP contribution is 2.27. The van der Waals surface area contributed by atoms with Crippen molar-refractivity contribution in [1.29, 1.82) is 0 Å². The summed E-state index contributed by atoms with van der Waals surface area (Å²) in [5.41, 5.74) is 2.11. The molecule has 0 bridgehead atoms. The molecule has 12 amide bonds.